The zero-order chi connectivity index (χ0) is 14.1. The summed E-state index contributed by atoms with van der Waals surface area (Å²) in [5.41, 5.74) is 4.20. The molecule has 20 heavy (non-hydrogen) atoms. The van der Waals surface area contributed by atoms with Crippen molar-refractivity contribution in [3.63, 3.8) is 0 Å². The molecule has 1 atom stereocenters. The molecule has 0 aromatic carbocycles. The number of thiazole rings is 1. The highest BCUT2D eigenvalue weighted by atomic mass is 32.1. The molecule has 4 heteroatoms. The molecule has 108 valence electrons. The molecule has 0 fully saturated rings. The highest BCUT2D eigenvalue weighted by Crippen LogP contribution is 2.31. The van der Waals surface area contributed by atoms with E-state index in [1.165, 1.54) is 46.0 Å². The van der Waals surface area contributed by atoms with Crippen molar-refractivity contribution >= 4 is 11.3 Å². The van der Waals surface area contributed by atoms with Crippen LogP contribution in [-0.2, 0) is 13.0 Å². The fourth-order valence-corrected chi connectivity index (χ4v) is 4.00. The van der Waals surface area contributed by atoms with E-state index in [2.05, 4.69) is 48.0 Å². The van der Waals surface area contributed by atoms with Gasteiger partial charge in [-0.3, -0.25) is 0 Å². The summed E-state index contributed by atoms with van der Waals surface area (Å²) in [6.45, 7) is 8.38. The van der Waals surface area contributed by atoms with Crippen LogP contribution in [0.2, 0.25) is 0 Å². The Labute approximate surface area is 125 Å². The lowest BCUT2D eigenvalue weighted by molar-refractivity contribution is 0.473. The number of nitrogens with one attached hydrogen (secondary N) is 1. The number of hydrogen-bond acceptors (Lipinski definition) is 3. The number of rotatable bonds is 4. The van der Waals surface area contributed by atoms with Crippen LogP contribution in [0.1, 0.15) is 52.5 Å². The van der Waals surface area contributed by atoms with Crippen molar-refractivity contribution in [2.24, 2.45) is 0 Å². The summed E-state index contributed by atoms with van der Waals surface area (Å²) >= 11 is 1.82. The molecule has 0 aliphatic heterocycles. The van der Waals surface area contributed by atoms with Crippen LogP contribution in [0.4, 0.5) is 0 Å². The molecule has 3 rings (SSSR count). The molecule has 0 amide bonds. The standard InChI is InChI=1S/C16H23N3S/c1-4-17-15-7-5-6-13-8-19(9-14(13)15)10-16-18-11(2)12(3)20-16/h8-9,15,17H,4-7,10H2,1-3H3. The van der Waals surface area contributed by atoms with Crippen molar-refractivity contribution < 1.29 is 0 Å². The average molecular weight is 289 g/mol. The maximum Gasteiger partial charge on any atom is 0.113 e. The van der Waals surface area contributed by atoms with Gasteiger partial charge in [-0.15, -0.1) is 11.3 Å². The largest absolute Gasteiger partial charge is 0.347 e. The fourth-order valence-electron chi connectivity index (χ4n) is 3.06. The molecule has 0 spiro atoms. The summed E-state index contributed by atoms with van der Waals surface area (Å²) in [5.74, 6) is 0. The van der Waals surface area contributed by atoms with Gasteiger partial charge >= 0.3 is 0 Å². The molecule has 1 aliphatic carbocycles. The topological polar surface area (TPSA) is 29.9 Å². The first-order valence-electron chi connectivity index (χ1n) is 7.52. The van der Waals surface area contributed by atoms with E-state index in [0.717, 1.165) is 13.1 Å². The van der Waals surface area contributed by atoms with Crippen LogP contribution in [0, 0.1) is 13.8 Å². The first kappa shape index (κ1) is 13.8. The minimum atomic E-state index is 0.546. The van der Waals surface area contributed by atoms with Gasteiger partial charge in [-0.25, -0.2) is 4.98 Å². The van der Waals surface area contributed by atoms with E-state index in [1.807, 2.05) is 11.3 Å². The van der Waals surface area contributed by atoms with Crippen molar-refractivity contribution in [3.8, 4) is 0 Å². The number of fused-ring (bicyclic) bond motifs is 1. The van der Waals surface area contributed by atoms with E-state index in [0.29, 0.717) is 6.04 Å². The van der Waals surface area contributed by atoms with Crippen LogP contribution in [-0.4, -0.2) is 16.1 Å². The predicted molar refractivity (Wildman–Crippen MR) is 84.5 cm³/mol. The normalized spacial score (nSPS) is 18.2. The molecule has 1 N–H and O–H groups in total. The van der Waals surface area contributed by atoms with E-state index in [4.69, 9.17) is 0 Å². The van der Waals surface area contributed by atoms with Crippen molar-refractivity contribution in [3.05, 3.63) is 39.1 Å². The second-order valence-corrected chi connectivity index (χ2v) is 6.95. The van der Waals surface area contributed by atoms with E-state index in [1.54, 1.807) is 0 Å². The molecule has 0 bridgehead atoms. The molecule has 2 aromatic heterocycles. The van der Waals surface area contributed by atoms with Crippen LogP contribution in [0.5, 0.6) is 0 Å². The van der Waals surface area contributed by atoms with Gasteiger partial charge in [0.2, 0.25) is 0 Å². The Kier molecular flexibility index (Phi) is 3.94. The Bertz CT molecular complexity index is 577. The van der Waals surface area contributed by atoms with Gasteiger partial charge in [-0.2, -0.15) is 0 Å². The molecular weight excluding hydrogens is 266 g/mol. The van der Waals surface area contributed by atoms with Gasteiger partial charge in [0.1, 0.15) is 5.01 Å². The number of aryl methyl sites for hydroxylation is 3. The van der Waals surface area contributed by atoms with Gasteiger partial charge in [0.25, 0.3) is 0 Å². The van der Waals surface area contributed by atoms with Gasteiger partial charge in [-0.1, -0.05) is 6.92 Å². The Morgan fingerprint density at radius 1 is 1.40 bits per heavy atom. The van der Waals surface area contributed by atoms with Crippen molar-refractivity contribution in [2.75, 3.05) is 6.54 Å². The molecule has 1 unspecified atom stereocenters. The molecule has 0 saturated carbocycles. The number of nitrogens with zero attached hydrogens (tertiary/aromatic N) is 2. The molecule has 1 aliphatic rings. The minimum absolute atomic E-state index is 0.546. The summed E-state index contributed by atoms with van der Waals surface area (Å²) in [6, 6.07) is 0.546. The number of hydrogen-bond donors (Lipinski definition) is 1. The van der Waals surface area contributed by atoms with E-state index in [-0.39, 0.29) is 0 Å². The zero-order valence-electron chi connectivity index (χ0n) is 12.6. The van der Waals surface area contributed by atoms with Gasteiger partial charge < -0.3 is 9.88 Å². The Morgan fingerprint density at radius 3 is 2.95 bits per heavy atom. The predicted octanol–water partition coefficient (Wildman–Crippen LogP) is 3.60. The summed E-state index contributed by atoms with van der Waals surface area (Å²) in [7, 11) is 0. The van der Waals surface area contributed by atoms with Gasteiger partial charge in [0.15, 0.2) is 0 Å². The van der Waals surface area contributed by atoms with Crippen molar-refractivity contribution in [1.82, 2.24) is 14.9 Å². The molecule has 0 saturated heterocycles. The molecule has 3 nitrogen and oxygen atoms in total. The second-order valence-electron chi connectivity index (χ2n) is 5.66. The fraction of sp³-hybridized carbons (Fsp3) is 0.562. The maximum absolute atomic E-state index is 4.65. The zero-order valence-corrected chi connectivity index (χ0v) is 13.4. The first-order valence-corrected chi connectivity index (χ1v) is 8.34. The maximum atomic E-state index is 4.65. The van der Waals surface area contributed by atoms with E-state index >= 15 is 0 Å². The Morgan fingerprint density at radius 2 is 2.25 bits per heavy atom. The third-order valence-corrected chi connectivity index (χ3v) is 5.21. The van der Waals surface area contributed by atoms with Gasteiger partial charge in [-0.05, 0) is 50.8 Å². The molecule has 2 aromatic rings. The lowest BCUT2D eigenvalue weighted by Crippen LogP contribution is -2.23. The lowest BCUT2D eigenvalue weighted by Gasteiger charge is -2.22. The monoisotopic (exact) mass is 289 g/mol. The first-order chi connectivity index (χ1) is 9.67. The second kappa shape index (κ2) is 5.70. The Hall–Kier alpha value is -1.13. The van der Waals surface area contributed by atoms with Crippen LogP contribution >= 0.6 is 11.3 Å². The van der Waals surface area contributed by atoms with Crippen LogP contribution in [0.15, 0.2) is 12.4 Å². The lowest BCUT2D eigenvalue weighted by atomic mass is 9.91. The third-order valence-electron chi connectivity index (χ3n) is 4.15. The Balaban J connectivity index is 1.81. The van der Waals surface area contributed by atoms with E-state index in [9.17, 15) is 0 Å². The van der Waals surface area contributed by atoms with Crippen LogP contribution in [0.3, 0.4) is 0 Å². The third kappa shape index (κ3) is 2.67. The van der Waals surface area contributed by atoms with Crippen LogP contribution in [0.25, 0.3) is 0 Å². The van der Waals surface area contributed by atoms with Gasteiger partial charge in [0, 0.05) is 23.3 Å². The van der Waals surface area contributed by atoms with Crippen molar-refractivity contribution in [2.45, 2.75) is 52.6 Å². The quantitative estimate of drug-likeness (QED) is 0.932. The number of aromatic nitrogens is 2. The van der Waals surface area contributed by atoms with Gasteiger partial charge in [0.05, 0.1) is 12.2 Å². The minimum Gasteiger partial charge on any atom is -0.347 e. The summed E-state index contributed by atoms with van der Waals surface area (Å²) < 4.78 is 2.32. The van der Waals surface area contributed by atoms with Crippen molar-refractivity contribution in [1.29, 1.82) is 0 Å². The molecule has 0 radical (unpaired) electrons. The highest BCUT2D eigenvalue weighted by Gasteiger charge is 2.21. The smallest absolute Gasteiger partial charge is 0.113 e. The van der Waals surface area contributed by atoms with E-state index < -0.39 is 0 Å². The summed E-state index contributed by atoms with van der Waals surface area (Å²) in [4.78, 5) is 5.98. The summed E-state index contributed by atoms with van der Waals surface area (Å²) in [6.07, 6.45) is 8.43. The SMILES string of the molecule is CCNC1CCCc2cn(Cc3nc(C)c(C)s3)cc21. The molecule has 2 heterocycles. The van der Waals surface area contributed by atoms with Crippen LogP contribution < -0.4 is 5.32 Å². The highest BCUT2D eigenvalue weighted by molar-refractivity contribution is 7.11. The summed E-state index contributed by atoms with van der Waals surface area (Å²) in [5, 5.41) is 4.82. The average Bonchev–Trinajstić information content (AvgIpc) is 2.95. The molecular formula is C16H23N3S.